The molecule has 0 bridgehead atoms. The second-order valence-electron chi connectivity index (χ2n) is 5.62. The Kier molecular flexibility index (Phi) is 4.83. The molecule has 0 aromatic carbocycles. The zero-order valence-electron chi connectivity index (χ0n) is 11.2. The third kappa shape index (κ3) is 2.67. The maximum absolute atomic E-state index is 5.94. The van der Waals surface area contributed by atoms with E-state index in [2.05, 4.69) is 12.2 Å². The van der Waals surface area contributed by atoms with E-state index in [1.165, 1.54) is 38.5 Å². The third-order valence-corrected chi connectivity index (χ3v) is 4.71. The molecular formula is C14H28N2O. The zero-order chi connectivity index (χ0) is 12.1. The van der Waals surface area contributed by atoms with Gasteiger partial charge in [0.15, 0.2) is 0 Å². The van der Waals surface area contributed by atoms with Crippen LogP contribution in [0.2, 0.25) is 0 Å². The van der Waals surface area contributed by atoms with Gasteiger partial charge in [-0.3, -0.25) is 0 Å². The van der Waals surface area contributed by atoms with Gasteiger partial charge in [-0.25, -0.2) is 0 Å². The smallest absolute Gasteiger partial charge is 0.0661 e. The SMILES string of the molecule is CCOC1CC(NCCCN)C12CCCCC2. The van der Waals surface area contributed by atoms with Crippen LogP contribution in [-0.2, 0) is 4.74 Å². The fraction of sp³-hybridized carbons (Fsp3) is 1.00. The van der Waals surface area contributed by atoms with Crippen LogP contribution in [0, 0.1) is 5.41 Å². The van der Waals surface area contributed by atoms with Gasteiger partial charge in [0.2, 0.25) is 0 Å². The maximum Gasteiger partial charge on any atom is 0.0661 e. The van der Waals surface area contributed by atoms with Crippen LogP contribution in [0.3, 0.4) is 0 Å². The van der Waals surface area contributed by atoms with E-state index in [0.29, 0.717) is 17.6 Å². The van der Waals surface area contributed by atoms with Crippen LogP contribution in [0.15, 0.2) is 0 Å². The standard InChI is InChI=1S/C14H28N2O/c1-2-17-13-11-12(16-10-6-9-15)14(13)7-4-3-5-8-14/h12-13,16H,2-11,15H2,1H3. The molecule has 100 valence electrons. The van der Waals surface area contributed by atoms with Gasteiger partial charge in [-0.05, 0) is 45.7 Å². The molecule has 17 heavy (non-hydrogen) atoms. The summed E-state index contributed by atoms with van der Waals surface area (Å²) in [4.78, 5) is 0. The number of rotatable bonds is 6. The fourth-order valence-corrected chi connectivity index (χ4v) is 3.73. The summed E-state index contributed by atoms with van der Waals surface area (Å²) in [6.45, 7) is 4.84. The van der Waals surface area contributed by atoms with Crippen LogP contribution >= 0.6 is 0 Å². The van der Waals surface area contributed by atoms with Gasteiger partial charge in [-0.2, -0.15) is 0 Å². The van der Waals surface area contributed by atoms with Crippen molar-refractivity contribution in [3.05, 3.63) is 0 Å². The Morgan fingerprint density at radius 3 is 2.71 bits per heavy atom. The summed E-state index contributed by atoms with van der Waals surface area (Å²) in [5.41, 5.74) is 6.02. The topological polar surface area (TPSA) is 47.3 Å². The van der Waals surface area contributed by atoms with E-state index in [-0.39, 0.29) is 0 Å². The van der Waals surface area contributed by atoms with Crippen molar-refractivity contribution in [3.8, 4) is 0 Å². The minimum absolute atomic E-state index is 0.461. The second kappa shape index (κ2) is 6.17. The second-order valence-corrected chi connectivity index (χ2v) is 5.62. The molecule has 0 radical (unpaired) electrons. The average Bonchev–Trinajstić information content (AvgIpc) is 2.38. The van der Waals surface area contributed by atoms with Crippen molar-refractivity contribution in [2.75, 3.05) is 19.7 Å². The van der Waals surface area contributed by atoms with Crippen molar-refractivity contribution in [2.45, 2.75) is 64.0 Å². The zero-order valence-corrected chi connectivity index (χ0v) is 11.2. The lowest BCUT2D eigenvalue weighted by Gasteiger charge is -2.58. The normalized spacial score (nSPS) is 31.4. The van der Waals surface area contributed by atoms with Gasteiger partial charge in [0.25, 0.3) is 0 Å². The first-order valence-corrected chi connectivity index (χ1v) is 7.38. The Balaban J connectivity index is 1.89. The van der Waals surface area contributed by atoms with E-state index in [4.69, 9.17) is 10.5 Å². The molecule has 2 rings (SSSR count). The van der Waals surface area contributed by atoms with Gasteiger partial charge in [0.05, 0.1) is 6.10 Å². The van der Waals surface area contributed by atoms with Crippen molar-refractivity contribution >= 4 is 0 Å². The molecule has 0 amide bonds. The summed E-state index contributed by atoms with van der Waals surface area (Å²) in [5.74, 6) is 0. The Hall–Kier alpha value is -0.120. The molecule has 2 unspecified atom stereocenters. The molecule has 3 N–H and O–H groups in total. The third-order valence-electron chi connectivity index (χ3n) is 4.71. The first-order valence-electron chi connectivity index (χ1n) is 7.38. The molecule has 2 aliphatic carbocycles. The first-order chi connectivity index (χ1) is 8.33. The van der Waals surface area contributed by atoms with Crippen LogP contribution < -0.4 is 11.1 Å². The number of hydrogen-bond donors (Lipinski definition) is 2. The minimum atomic E-state index is 0.461. The number of hydrogen-bond acceptors (Lipinski definition) is 3. The van der Waals surface area contributed by atoms with Gasteiger partial charge in [0.1, 0.15) is 0 Å². The Morgan fingerprint density at radius 2 is 2.06 bits per heavy atom. The number of nitrogens with two attached hydrogens (primary N) is 1. The highest BCUT2D eigenvalue weighted by molar-refractivity contribution is 5.08. The van der Waals surface area contributed by atoms with Crippen molar-refractivity contribution in [1.82, 2.24) is 5.32 Å². The predicted molar refractivity (Wildman–Crippen MR) is 71.0 cm³/mol. The van der Waals surface area contributed by atoms with Crippen LogP contribution in [0.1, 0.15) is 51.9 Å². The molecule has 0 aromatic rings. The fourth-order valence-electron chi connectivity index (χ4n) is 3.73. The quantitative estimate of drug-likeness (QED) is 0.699. The van der Waals surface area contributed by atoms with Crippen LogP contribution in [0.4, 0.5) is 0 Å². The number of ether oxygens (including phenoxy) is 1. The lowest BCUT2D eigenvalue weighted by molar-refractivity contribution is -0.149. The van der Waals surface area contributed by atoms with Crippen molar-refractivity contribution < 1.29 is 4.74 Å². The van der Waals surface area contributed by atoms with Crippen molar-refractivity contribution in [3.63, 3.8) is 0 Å². The van der Waals surface area contributed by atoms with Gasteiger partial charge in [-0.1, -0.05) is 19.3 Å². The highest BCUT2D eigenvalue weighted by Crippen LogP contribution is 2.53. The summed E-state index contributed by atoms with van der Waals surface area (Å²) >= 11 is 0. The molecule has 0 heterocycles. The molecule has 3 nitrogen and oxygen atoms in total. The molecule has 2 aliphatic rings. The average molecular weight is 240 g/mol. The van der Waals surface area contributed by atoms with E-state index in [1.54, 1.807) is 0 Å². The molecule has 2 saturated carbocycles. The molecule has 0 saturated heterocycles. The summed E-state index contributed by atoms with van der Waals surface area (Å²) in [6, 6.07) is 0.686. The van der Waals surface area contributed by atoms with E-state index in [0.717, 1.165) is 26.1 Å². The molecule has 3 heteroatoms. The monoisotopic (exact) mass is 240 g/mol. The largest absolute Gasteiger partial charge is 0.378 e. The molecule has 2 atom stereocenters. The van der Waals surface area contributed by atoms with Crippen LogP contribution in [0.25, 0.3) is 0 Å². The van der Waals surface area contributed by atoms with Crippen molar-refractivity contribution in [1.29, 1.82) is 0 Å². The lowest BCUT2D eigenvalue weighted by atomic mass is 9.55. The van der Waals surface area contributed by atoms with E-state index in [1.807, 2.05) is 0 Å². The number of nitrogens with one attached hydrogen (secondary N) is 1. The Bertz CT molecular complexity index is 224. The highest BCUT2D eigenvalue weighted by atomic mass is 16.5. The summed E-state index contributed by atoms with van der Waals surface area (Å²) in [5, 5.41) is 3.71. The lowest BCUT2D eigenvalue weighted by Crippen LogP contribution is -2.64. The summed E-state index contributed by atoms with van der Waals surface area (Å²) < 4.78 is 5.94. The van der Waals surface area contributed by atoms with Crippen LogP contribution in [0.5, 0.6) is 0 Å². The van der Waals surface area contributed by atoms with E-state index < -0.39 is 0 Å². The Morgan fingerprint density at radius 1 is 1.29 bits per heavy atom. The van der Waals surface area contributed by atoms with E-state index >= 15 is 0 Å². The van der Waals surface area contributed by atoms with Gasteiger partial charge >= 0.3 is 0 Å². The Labute approximate surface area is 105 Å². The molecule has 1 spiro atoms. The highest BCUT2D eigenvalue weighted by Gasteiger charge is 2.55. The summed E-state index contributed by atoms with van der Waals surface area (Å²) in [6.07, 6.45) is 9.72. The van der Waals surface area contributed by atoms with E-state index in [9.17, 15) is 0 Å². The van der Waals surface area contributed by atoms with Gasteiger partial charge < -0.3 is 15.8 Å². The minimum Gasteiger partial charge on any atom is -0.378 e. The molecular weight excluding hydrogens is 212 g/mol. The summed E-state index contributed by atoms with van der Waals surface area (Å²) in [7, 11) is 0. The first kappa shape index (κ1) is 13.3. The van der Waals surface area contributed by atoms with Crippen molar-refractivity contribution in [2.24, 2.45) is 11.1 Å². The molecule has 0 aliphatic heterocycles. The van der Waals surface area contributed by atoms with Gasteiger partial charge in [0, 0.05) is 18.1 Å². The maximum atomic E-state index is 5.94. The molecule has 0 aromatic heterocycles. The molecule has 2 fully saturated rings. The van der Waals surface area contributed by atoms with Crippen LogP contribution in [-0.4, -0.2) is 31.8 Å². The van der Waals surface area contributed by atoms with Gasteiger partial charge in [-0.15, -0.1) is 0 Å². The predicted octanol–water partition coefficient (Wildman–Crippen LogP) is 2.05.